The van der Waals surface area contributed by atoms with E-state index < -0.39 is 8.32 Å². The van der Waals surface area contributed by atoms with Crippen LogP contribution in [0.2, 0.25) is 19.6 Å². The predicted octanol–water partition coefficient (Wildman–Crippen LogP) is 4.94. The molecule has 2 heteroatoms. The summed E-state index contributed by atoms with van der Waals surface area (Å²) in [6, 6.07) is 6.62. The lowest BCUT2D eigenvalue weighted by Gasteiger charge is -2.22. The predicted molar refractivity (Wildman–Crippen MR) is 78.4 cm³/mol. The van der Waals surface area contributed by atoms with Crippen LogP contribution >= 0.6 is 0 Å². The van der Waals surface area contributed by atoms with Crippen molar-refractivity contribution in [3.05, 3.63) is 29.3 Å². The highest BCUT2D eigenvalue weighted by molar-refractivity contribution is 6.70. The first kappa shape index (κ1) is 14.3. The smallest absolute Gasteiger partial charge is 0.242 e. The quantitative estimate of drug-likeness (QED) is 0.513. The van der Waals surface area contributed by atoms with E-state index in [2.05, 4.69) is 51.7 Å². The zero-order chi connectivity index (χ0) is 12.9. The number of hydrogen-bond donors (Lipinski definition) is 0. The van der Waals surface area contributed by atoms with Gasteiger partial charge in [-0.3, -0.25) is 0 Å². The second-order valence-corrected chi connectivity index (χ2v) is 10.2. The van der Waals surface area contributed by atoms with Crippen molar-refractivity contribution in [2.24, 2.45) is 0 Å². The SMILES string of the molecule is CCCCCc1ccc(C)cc1O[Si](C)(C)C. The van der Waals surface area contributed by atoms with Crippen LogP contribution in [0.4, 0.5) is 0 Å². The van der Waals surface area contributed by atoms with Crippen LogP contribution in [0, 0.1) is 6.92 Å². The number of rotatable bonds is 6. The average Bonchev–Trinajstić information content (AvgIpc) is 2.19. The lowest BCUT2D eigenvalue weighted by Crippen LogP contribution is -2.29. The Labute approximate surface area is 107 Å². The van der Waals surface area contributed by atoms with E-state index in [1.165, 1.54) is 30.4 Å². The molecule has 0 aliphatic rings. The monoisotopic (exact) mass is 250 g/mol. The van der Waals surface area contributed by atoms with Gasteiger partial charge in [0.25, 0.3) is 0 Å². The molecular formula is C15H26OSi. The third-order valence-corrected chi connectivity index (χ3v) is 3.52. The van der Waals surface area contributed by atoms with Gasteiger partial charge in [-0.25, -0.2) is 0 Å². The Hall–Kier alpha value is -0.763. The molecule has 0 fully saturated rings. The zero-order valence-corrected chi connectivity index (χ0v) is 13.0. The van der Waals surface area contributed by atoms with Crippen LogP contribution < -0.4 is 4.43 Å². The zero-order valence-electron chi connectivity index (χ0n) is 12.0. The molecule has 1 rings (SSSR count). The van der Waals surface area contributed by atoms with Gasteiger partial charge in [-0.2, -0.15) is 0 Å². The second-order valence-electron chi connectivity index (χ2n) is 5.78. The summed E-state index contributed by atoms with van der Waals surface area (Å²) < 4.78 is 6.18. The molecule has 1 nitrogen and oxygen atoms in total. The highest BCUT2D eigenvalue weighted by atomic mass is 28.4. The van der Waals surface area contributed by atoms with Gasteiger partial charge in [-0.15, -0.1) is 0 Å². The highest BCUT2D eigenvalue weighted by Gasteiger charge is 2.18. The van der Waals surface area contributed by atoms with Crippen LogP contribution in [0.25, 0.3) is 0 Å². The number of benzene rings is 1. The van der Waals surface area contributed by atoms with Crippen LogP contribution in [0.3, 0.4) is 0 Å². The molecule has 0 unspecified atom stereocenters. The molecule has 0 bridgehead atoms. The summed E-state index contributed by atoms with van der Waals surface area (Å²) >= 11 is 0. The maximum absolute atomic E-state index is 6.18. The molecule has 0 saturated heterocycles. The van der Waals surface area contributed by atoms with Gasteiger partial charge in [0, 0.05) is 0 Å². The first-order valence-electron chi connectivity index (χ1n) is 6.71. The van der Waals surface area contributed by atoms with Crippen molar-refractivity contribution in [1.82, 2.24) is 0 Å². The first-order chi connectivity index (χ1) is 7.92. The van der Waals surface area contributed by atoms with Crippen LogP contribution in [-0.4, -0.2) is 8.32 Å². The fraction of sp³-hybridized carbons (Fsp3) is 0.600. The minimum absolute atomic E-state index is 1.13. The summed E-state index contributed by atoms with van der Waals surface area (Å²) in [6.45, 7) is 11.1. The Morgan fingerprint density at radius 1 is 1.12 bits per heavy atom. The van der Waals surface area contributed by atoms with Crippen molar-refractivity contribution in [2.75, 3.05) is 0 Å². The number of unbranched alkanes of at least 4 members (excludes halogenated alkanes) is 2. The topological polar surface area (TPSA) is 9.23 Å². The van der Waals surface area contributed by atoms with Crippen LogP contribution in [0.5, 0.6) is 5.75 Å². The minimum Gasteiger partial charge on any atom is -0.544 e. The molecule has 0 aromatic heterocycles. The summed E-state index contributed by atoms with van der Waals surface area (Å²) in [4.78, 5) is 0. The van der Waals surface area contributed by atoms with E-state index in [0.29, 0.717) is 0 Å². The molecule has 0 heterocycles. The lowest BCUT2D eigenvalue weighted by molar-refractivity contribution is 0.545. The summed E-state index contributed by atoms with van der Waals surface area (Å²) in [5.41, 5.74) is 2.67. The Morgan fingerprint density at radius 2 is 1.82 bits per heavy atom. The van der Waals surface area contributed by atoms with Gasteiger partial charge in [0.05, 0.1) is 0 Å². The molecule has 0 aliphatic carbocycles. The van der Waals surface area contributed by atoms with Crippen molar-refractivity contribution in [2.45, 2.75) is 59.2 Å². The molecule has 0 amide bonds. The largest absolute Gasteiger partial charge is 0.544 e. The molecule has 0 radical (unpaired) electrons. The van der Waals surface area contributed by atoms with Crippen LogP contribution in [0.15, 0.2) is 18.2 Å². The number of hydrogen-bond acceptors (Lipinski definition) is 1. The normalized spacial score (nSPS) is 11.6. The molecule has 1 aromatic carbocycles. The lowest BCUT2D eigenvalue weighted by atomic mass is 10.0. The maximum Gasteiger partial charge on any atom is 0.242 e. The van der Waals surface area contributed by atoms with Crippen molar-refractivity contribution >= 4 is 8.32 Å². The molecule has 0 spiro atoms. The summed E-state index contributed by atoms with van der Waals surface area (Å²) in [7, 11) is -1.50. The fourth-order valence-electron chi connectivity index (χ4n) is 1.86. The van der Waals surface area contributed by atoms with Gasteiger partial charge in [-0.05, 0) is 56.6 Å². The third kappa shape index (κ3) is 5.40. The average molecular weight is 250 g/mol. The molecule has 17 heavy (non-hydrogen) atoms. The fourth-order valence-corrected chi connectivity index (χ4v) is 2.71. The minimum atomic E-state index is -1.50. The molecule has 0 atom stereocenters. The van der Waals surface area contributed by atoms with E-state index in [-0.39, 0.29) is 0 Å². The van der Waals surface area contributed by atoms with Crippen molar-refractivity contribution in [3.63, 3.8) is 0 Å². The van der Waals surface area contributed by atoms with Crippen LogP contribution in [0.1, 0.15) is 37.3 Å². The van der Waals surface area contributed by atoms with Gasteiger partial charge in [0.15, 0.2) is 0 Å². The van der Waals surface area contributed by atoms with E-state index in [1.54, 1.807) is 0 Å². The maximum atomic E-state index is 6.18. The Kier molecular flexibility index (Phi) is 5.25. The van der Waals surface area contributed by atoms with Gasteiger partial charge in [0.1, 0.15) is 5.75 Å². The van der Waals surface area contributed by atoms with E-state index >= 15 is 0 Å². The Morgan fingerprint density at radius 3 is 2.41 bits per heavy atom. The van der Waals surface area contributed by atoms with Crippen molar-refractivity contribution < 1.29 is 4.43 Å². The summed E-state index contributed by atoms with van der Waals surface area (Å²) in [6.07, 6.45) is 4.99. The molecule has 0 saturated carbocycles. The van der Waals surface area contributed by atoms with E-state index in [0.717, 1.165) is 12.2 Å². The number of aryl methyl sites for hydroxylation is 2. The molecule has 0 aliphatic heterocycles. The Balaban J connectivity index is 2.80. The van der Waals surface area contributed by atoms with Gasteiger partial charge < -0.3 is 4.43 Å². The highest BCUT2D eigenvalue weighted by Crippen LogP contribution is 2.25. The third-order valence-electron chi connectivity index (χ3n) is 2.69. The van der Waals surface area contributed by atoms with Gasteiger partial charge in [-0.1, -0.05) is 31.9 Å². The molecule has 1 aromatic rings. The van der Waals surface area contributed by atoms with E-state index in [4.69, 9.17) is 4.43 Å². The molecule has 96 valence electrons. The molecular weight excluding hydrogens is 224 g/mol. The van der Waals surface area contributed by atoms with E-state index in [1.807, 2.05) is 0 Å². The Bertz CT molecular complexity index is 352. The molecule has 0 N–H and O–H groups in total. The summed E-state index contributed by atoms with van der Waals surface area (Å²) in [5, 5.41) is 0. The van der Waals surface area contributed by atoms with Crippen molar-refractivity contribution in [1.29, 1.82) is 0 Å². The van der Waals surface area contributed by atoms with Gasteiger partial charge >= 0.3 is 0 Å². The standard InChI is InChI=1S/C15H26OSi/c1-6-7-8-9-14-11-10-13(2)12-15(14)16-17(3,4)5/h10-12H,6-9H2,1-5H3. The van der Waals surface area contributed by atoms with Crippen molar-refractivity contribution in [3.8, 4) is 5.75 Å². The summed E-state index contributed by atoms with van der Waals surface area (Å²) in [5.74, 6) is 1.13. The van der Waals surface area contributed by atoms with Crippen LogP contribution in [-0.2, 0) is 6.42 Å². The first-order valence-corrected chi connectivity index (χ1v) is 10.1. The second kappa shape index (κ2) is 6.25. The van der Waals surface area contributed by atoms with Gasteiger partial charge in [0.2, 0.25) is 8.32 Å². The van der Waals surface area contributed by atoms with E-state index in [9.17, 15) is 0 Å².